The summed E-state index contributed by atoms with van der Waals surface area (Å²) in [6.07, 6.45) is 3.70. The number of hydrogen-bond donors (Lipinski definition) is 6. The van der Waals surface area contributed by atoms with Gasteiger partial charge in [-0.05, 0) is 43.2 Å². The van der Waals surface area contributed by atoms with Gasteiger partial charge in [0.25, 0.3) is 0 Å². The van der Waals surface area contributed by atoms with Gasteiger partial charge in [-0.3, -0.25) is 23.7 Å². The minimum atomic E-state index is -4.67. The molecule has 2 heterocycles. The van der Waals surface area contributed by atoms with Crippen molar-refractivity contribution in [3.63, 3.8) is 0 Å². The second-order valence-electron chi connectivity index (χ2n) is 8.24. The molecule has 13 nitrogen and oxygen atoms in total. The van der Waals surface area contributed by atoms with Crippen molar-refractivity contribution in [2.24, 2.45) is 16.5 Å². The predicted molar refractivity (Wildman–Crippen MR) is 128 cm³/mol. The van der Waals surface area contributed by atoms with E-state index in [9.17, 15) is 14.4 Å². The van der Waals surface area contributed by atoms with Crippen LogP contribution in [0.4, 0.5) is 0 Å². The molecule has 3 atom stereocenters. The van der Waals surface area contributed by atoms with Gasteiger partial charge in [0.1, 0.15) is 12.3 Å². The Hall–Kier alpha value is -3.07. The van der Waals surface area contributed by atoms with Crippen LogP contribution in [0.2, 0.25) is 0 Å². The lowest BCUT2D eigenvalue weighted by atomic mass is 9.95. The minimum Gasteiger partial charge on any atom is -0.370 e. The van der Waals surface area contributed by atoms with Crippen LogP contribution in [0, 0.1) is 0 Å². The normalized spacial score (nSPS) is 20.0. The summed E-state index contributed by atoms with van der Waals surface area (Å²) in [5.74, 6) is -0.339. The number of amides is 2. The van der Waals surface area contributed by atoms with E-state index in [2.05, 4.69) is 21.7 Å². The minimum absolute atomic E-state index is 0.000689. The number of nitrogens with two attached hydrogens (primary N) is 2. The highest BCUT2D eigenvalue weighted by Crippen LogP contribution is 2.22. The smallest absolute Gasteiger partial charge is 0.370 e. The molecule has 2 aliphatic rings. The summed E-state index contributed by atoms with van der Waals surface area (Å²) in [5, 5.41) is 6.06. The molecule has 8 N–H and O–H groups in total. The highest BCUT2D eigenvalue weighted by atomic mass is 32.3. The average molecular weight is 513 g/mol. The van der Waals surface area contributed by atoms with E-state index in [0.29, 0.717) is 51.6 Å². The Morgan fingerprint density at radius 2 is 1.91 bits per heavy atom. The Labute approximate surface area is 203 Å². The van der Waals surface area contributed by atoms with Crippen molar-refractivity contribution in [3.05, 3.63) is 35.4 Å². The lowest BCUT2D eigenvalue weighted by Crippen LogP contribution is -2.55. The fourth-order valence-electron chi connectivity index (χ4n) is 4.10. The van der Waals surface area contributed by atoms with Crippen LogP contribution in [0.15, 0.2) is 29.3 Å². The third-order valence-electron chi connectivity index (χ3n) is 5.68. The molecule has 0 saturated carbocycles. The average Bonchev–Trinajstić information content (AvgIpc) is 3.29. The molecule has 2 aliphatic heterocycles. The third-order valence-corrected chi connectivity index (χ3v) is 5.68. The molecule has 1 fully saturated rings. The summed E-state index contributed by atoms with van der Waals surface area (Å²) in [5.41, 5.74) is 12.9. The van der Waals surface area contributed by atoms with E-state index in [1.54, 1.807) is 4.90 Å². The van der Waals surface area contributed by atoms with E-state index in [0.717, 1.165) is 12.0 Å². The van der Waals surface area contributed by atoms with Crippen molar-refractivity contribution < 1.29 is 31.9 Å². The highest BCUT2D eigenvalue weighted by Gasteiger charge is 2.38. The van der Waals surface area contributed by atoms with Gasteiger partial charge in [-0.15, -0.1) is 0 Å². The molecule has 2 amide bonds. The maximum atomic E-state index is 13.1. The number of nitrogens with one attached hydrogen (secondary N) is 2. The van der Waals surface area contributed by atoms with Gasteiger partial charge >= 0.3 is 10.4 Å². The molecule has 1 aromatic carbocycles. The number of aldehydes is 1. The summed E-state index contributed by atoms with van der Waals surface area (Å²) in [6.45, 7) is 1.58. The van der Waals surface area contributed by atoms with E-state index in [1.807, 2.05) is 18.2 Å². The lowest BCUT2D eigenvalue weighted by Gasteiger charge is -2.32. The zero-order valence-corrected chi connectivity index (χ0v) is 20.0. The summed E-state index contributed by atoms with van der Waals surface area (Å²) < 4.78 is 31.6. The number of benzene rings is 1. The molecule has 194 valence electrons. The van der Waals surface area contributed by atoms with Gasteiger partial charge in [0, 0.05) is 19.6 Å². The predicted octanol–water partition coefficient (Wildman–Crippen LogP) is -1.22. The quantitative estimate of drug-likeness (QED) is 0.0801. The van der Waals surface area contributed by atoms with Crippen LogP contribution in [-0.2, 0) is 37.7 Å². The van der Waals surface area contributed by atoms with Crippen molar-refractivity contribution in [1.82, 2.24) is 15.5 Å². The van der Waals surface area contributed by atoms with Gasteiger partial charge < -0.3 is 31.8 Å². The van der Waals surface area contributed by atoms with Crippen molar-refractivity contribution in [2.45, 2.75) is 56.8 Å². The Balaban J connectivity index is 0.000000784. The molecule has 1 saturated heterocycles. The van der Waals surface area contributed by atoms with Crippen LogP contribution in [-0.4, -0.2) is 77.7 Å². The van der Waals surface area contributed by atoms with Crippen LogP contribution in [0.25, 0.3) is 0 Å². The maximum absolute atomic E-state index is 13.1. The summed E-state index contributed by atoms with van der Waals surface area (Å²) >= 11 is 0. The zero-order valence-electron chi connectivity index (χ0n) is 19.2. The van der Waals surface area contributed by atoms with Gasteiger partial charge in [-0.1, -0.05) is 24.3 Å². The van der Waals surface area contributed by atoms with Crippen LogP contribution < -0.4 is 22.1 Å². The summed E-state index contributed by atoms with van der Waals surface area (Å²) in [7, 11) is -4.67. The SMILES string of the molecule is NC(N)=NCCC[C@@H](C=O)NC(=O)[C@@H]1CCCN1C(=O)[C@H]1Cc2ccccc2CN1.O=S(=O)(O)O. The fourth-order valence-corrected chi connectivity index (χ4v) is 4.10. The number of hydrogen-bond acceptors (Lipinski definition) is 7. The Bertz CT molecular complexity index is 1020. The van der Waals surface area contributed by atoms with E-state index >= 15 is 0 Å². The van der Waals surface area contributed by atoms with Crippen LogP contribution in [0.3, 0.4) is 0 Å². The van der Waals surface area contributed by atoms with Gasteiger partial charge in [-0.25, -0.2) is 0 Å². The number of carbonyl (C=O) groups excluding carboxylic acids is 3. The van der Waals surface area contributed by atoms with Crippen molar-refractivity contribution in [2.75, 3.05) is 13.1 Å². The van der Waals surface area contributed by atoms with Crippen molar-refractivity contribution in [3.8, 4) is 0 Å². The van der Waals surface area contributed by atoms with Crippen LogP contribution >= 0.6 is 0 Å². The van der Waals surface area contributed by atoms with Crippen LogP contribution in [0.5, 0.6) is 0 Å². The summed E-state index contributed by atoms with van der Waals surface area (Å²) in [6, 6.07) is 6.56. The number of likely N-dealkylation sites (tertiary alicyclic amines) is 1. The fraction of sp³-hybridized carbons (Fsp3) is 0.524. The first-order valence-electron chi connectivity index (χ1n) is 11.1. The molecule has 0 aliphatic carbocycles. The molecule has 35 heavy (non-hydrogen) atoms. The molecular formula is C21H32N6O7S. The molecule has 1 aromatic rings. The van der Waals surface area contributed by atoms with E-state index in [4.69, 9.17) is 29.0 Å². The third kappa shape index (κ3) is 9.60. The molecule has 0 aromatic heterocycles. The molecule has 0 spiro atoms. The number of guanidine groups is 1. The second-order valence-corrected chi connectivity index (χ2v) is 9.14. The van der Waals surface area contributed by atoms with Gasteiger partial charge in [0.2, 0.25) is 11.8 Å². The lowest BCUT2D eigenvalue weighted by molar-refractivity contribution is -0.140. The molecule has 0 unspecified atom stereocenters. The molecular weight excluding hydrogens is 480 g/mol. The van der Waals surface area contributed by atoms with E-state index < -0.39 is 22.5 Å². The van der Waals surface area contributed by atoms with Crippen molar-refractivity contribution >= 4 is 34.5 Å². The highest BCUT2D eigenvalue weighted by molar-refractivity contribution is 7.79. The zero-order chi connectivity index (χ0) is 26.0. The Morgan fingerprint density at radius 1 is 1.26 bits per heavy atom. The summed E-state index contributed by atoms with van der Waals surface area (Å²) in [4.78, 5) is 42.8. The van der Waals surface area contributed by atoms with Crippen molar-refractivity contribution in [1.29, 1.82) is 0 Å². The van der Waals surface area contributed by atoms with Gasteiger partial charge in [0.05, 0.1) is 12.1 Å². The Kier molecular flexibility index (Phi) is 10.6. The molecule has 0 radical (unpaired) electrons. The standard InChI is InChI=1S/C21H30N6O3.H2O4S/c22-21(23)24-9-3-7-16(13-28)26-19(29)18-8-4-10-27(18)20(30)17-11-14-5-1-2-6-15(14)12-25-17;1-5(2,3)4/h1-2,5-6,13,16-18,25H,3-4,7-12H2,(H,26,29)(H4,22,23,24);(H2,1,2,3,4)/t16-,17+,18-;/m0./s1. The first kappa shape index (κ1) is 28.2. The topological polar surface area (TPSA) is 218 Å². The first-order valence-corrected chi connectivity index (χ1v) is 12.5. The number of nitrogens with zero attached hydrogens (tertiary/aromatic N) is 2. The van der Waals surface area contributed by atoms with E-state index in [1.165, 1.54) is 5.56 Å². The first-order chi connectivity index (χ1) is 16.5. The van der Waals surface area contributed by atoms with Crippen LogP contribution in [0.1, 0.15) is 36.8 Å². The largest absolute Gasteiger partial charge is 0.394 e. The monoisotopic (exact) mass is 512 g/mol. The number of fused-ring (bicyclic) bond motifs is 1. The van der Waals surface area contributed by atoms with Gasteiger partial charge in [0.15, 0.2) is 5.96 Å². The number of rotatable bonds is 8. The Morgan fingerprint density at radius 3 is 2.54 bits per heavy atom. The molecule has 14 heteroatoms. The van der Waals surface area contributed by atoms with Gasteiger partial charge in [-0.2, -0.15) is 8.42 Å². The van der Waals surface area contributed by atoms with E-state index in [-0.39, 0.29) is 23.8 Å². The molecule has 0 bridgehead atoms. The maximum Gasteiger partial charge on any atom is 0.394 e. The molecule has 3 rings (SSSR count). The number of carbonyl (C=O) groups is 3. The second kappa shape index (κ2) is 13.1. The number of aliphatic imine (C=N–C) groups is 1.